The quantitative estimate of drug-likeness (QED) is 0.784. The van der Waals surface area contributed by atoms with Gasteiger partial charge in [-0.05, 0) is 57.0 Å². The maximum absolute atomic E-state index is 10.6. The summed E-state index contributed by atoms with van der Waals surface area (Å²) in [5.74, 6) is -0.928. The zero-order valence-electron chi connectivity index (χ0n) is 12.0. The Balaban J connectivity index is 2.35. The topological polar surface area (TPSA) is 66.6 Å². The van der Waals surface area contributed by atoms with E-state index in [9.17, 15) is 4.79 Å². The monoisotopic (exact) mass is 264 g/mol. The van der Waals surface area contributed by atoms with Crippen molar-refractivity contribution < 1.29 is 9.90 Å². The number of hydrogen-bond acceptors (Lipinski definition) is 3. The summed E-state index contributed by atoms with van der Waals surface area (Å²) >= 11 is 0. The van der Waals surface area contributed by atoms with Crippen molar-refractivity contribution in [2.24, 2.45) is 5.73 Å². The van der Waals surface area contributed by atoms with Gasteiger partial charge in [-0.1, -0.05) is 18.2 Å². The van der Waals surface area contributed by atoms with E-state index in [2.05, 4.69) is 36.9 Å². The molecule has 0 spiro atoms. The van der Waals surface area contributed by atoms with Gasteiger partial charge in [0.25, 0.3) is 0 Å². The van der Waals surface area contributed by atoms with Crippen molar-refractivity contribution in [3.63, 3.8) is 0 Å². The number of carboxylic acids is 1. The fourth-order valence-corrected chi connectivity index (χ4v) is 1.87. The minimum Gasteiger partial charge on any atom is -0.480 e. The van der Waals surface area contributed by atoms with Crippen LogP contribution in [0.2, 0.25) is 0 Å². The van der Waals surface area contributed by atoms with E-state index in [-0.39, 0.29) is 0 Å². The molecular formula is C15H24N2O2. The van der Waals surface area contributed by atoms with Crippen molar-refractivity contribution >= 4 is 5.97 Å². The van der Waals surface area contributed by atoms with Gasteiger partial charge in [-0.2, -0.15) is 0 Å². The number of benzene rings is 1. The number of aliphatic carboxylic acids is 1. The van der Waals surface area contributed by atoms with Crippen LogP contribution < -0.4 is 5.73 Å². The molecule has 0 amide bonds. The van der Waals surface area contributed by atoms with E-state index >= 15 is 0 Å². The van der Waals surface area contributed by atoms with Crippen LogP contribution in [0.4, 0.5) is 0 Å². The van der Waals surface area contributed by atoms with Crippen LogP contribution in [0.25, 0.3) is 0 Å². The molecule has 0 bridgehead atoms. The molecular weight excluding hydrogens is 240 g/mol. The molecule has 1 unspecified atom stereocenters. The van der Waals surface area contributed by atoms with Gasteiger partial charge in [0, 0.05) is 6.54 Å². The molecule has 0 aromatic heterocycles. The van der Waals surface area contributed by atoms with Crippen molar-refractivity contribution in [1.29, 1.82) is 0 Å². The molecule has 1 atom stereocenters. The molecule has 0 saturated heterocycles. The van der Waals surface area contributed by atoms with E-state index < -0.39 is 12.0 Å². The zero-order chi connectivity index (χ0) is 14.4. The van der Waals surface area contributed by atoms with Gasteiger partial charge in [0.05, 0.1) is 0 Å². The predicted octanol–water partition coefficient (Wildman–Crippen LogP) is 1.58. The van der Waals surface area contributed by atoms with Crippen molar-refractivity contribution in [3.05, 3.63) is 34.9 Å². The Morgan fingerprint density at radius 3 is 2.58 bits per heavy atom. The van der Waals surface area contributed by atoms with Gasteiger partial charge in [0.15, 0.2) is 0 Å². The first kappa shape index (κ1) is 15.7. The Kier molecular flexibility index (Phi) is 5.99. The third-order valence-corrected chi connectivity index (χ3v) is 3.49. The molecule has 0 aliphatic heterocycles. The summed E-state index contributed by atoms with van der Waals surface area (Å²) < 4.78 is 0. The van der Waals surface area contributed by atoms with E-state index in [4.69, 9.17) is 10.8 Å². The molecule has 19 heavy (non-hydrogen) atoms. The number of likely N-dealkylation sites (N-methyl/N-ethyl adjacent to an activating group) is 1. The van der Waals surface area contributed by atoms with E-state index in [0.29, 0.717) is 13.0 Å². The molecule has 1 aromatic carbocycles. The summed E-state index contributed by atoms with van der Waals surface area (Å²) in [6, 6.07) is 5.75. The highest BCUT2D eigenvalue weighted by Gasteiger charge is 2.11. The largest absolute Gasteiger partial charge is 0.480 e. The van der Waals surface area contributed by atoms with Crippen molar-refractivity contribution in [1.82, 2.24) is 4.90 Å². The Morgan fingerprint density at radius 1 is 1.32 bits per heavy atom. The van der Waals surface area contributed by atoms with Crippen LogP contribution in [0.1, 0.15) is 23.1 Å². The minimum atomic E-state index is -0.928. The second-order valence-corrected chi connectivity index (χ2v) is 5.21. The lowest BCUT2D eigenvalue weighted by molar-refractivity contribution is -0.138. The molecule has 0 aliphatic carbocycles. The van der Waals surface area contributed by atoms with Gasteiger partial charge in [0.1, 0.15) is 6.04 Å². The van der Waals surface area contributed by atoms with Crippen molar-refractivity contribution in [3.8, 4) is 0 Å². The van der Waals surface area contributed by atoms with Gasteiger partial charge in [-0.15, -0.1) is 0 Å². The van der Waals surface area contributed by atoms with Crippen molar-refractivity contribution in [2.45, 2.75) is 32.7 Å². The van der Waals surface area contributed by atoms with Gasteiger partial charge < -0.3 is 15.7 Å². The lowest BCUT2D eigenvalue weighted by Crippen LogP contribution is -2.34. The van der Waals surface area contributed by atoms with Crippen LogP contribution in [0.5, 0.6) is 0 Å². The van der Waals surface area contributed by atoms with Gasteiger partial charge >= 0.3 is 5.97 Å². The molecule has 0 heterocycles. The first-order valence-electron chi connectivity index (χ1n) is 6.63. The van der Waals surface area contributed by atoms with Crippen molar-refractivity contribution in [2.75, 3.05) is 20.1 Å². The summed E-state index contributed by atoms with van der Waals surface area (Å²) in [7, 11) is 2.00. The smallest absolute Gasteiger partial charge is 0.320 e. The molecule has 4 heteroatoms. The second kappa shape index (κ2) is 7.26. The SMILES string of the molecule is Cc1ccc(CCN(C)CCC(N)C(=O)O)cc1C. The standard InChI is InChI=1S/C15H24N2O2/c1-11-4-5-13(10-12(11)2)6-8-17(3)9-7-14(16)15(18)19/h4-5,10,14H,6-9,16H2,1-3H3,(H,18,19). The molecule has 0 aliphatic rings. The summed E-state index contributed by atoms with van der Waals surface area (Å²) in [5, 5.41) is 8.72. The molecule has 3 N–H and O–H groups in total. The van der Waals surface area contributed by atoms with Gasteiger partial charge in [-0.3, -0.25) is 4.79 Å². The lowest BCUT2D eigenvalue weighted by atomic mass is 10.0. The van der Waals surface area contributed by atoms with E-state index in [1.165, 1.54) is 16.7 Å². The summed E-state index contributed by atoms with van der Waals surface area (Å²) in [4.78, 5) is 12.7. The Bertz CT molecular complexity index is 432. The van der Waals surface area contributed by atoms with E-state index in [1.54, 1.807) is 0 Å². The Morgan fingerprint density at radius 2 is 2.00 bits per heavy atom. The maximum atomic E-state index is 10.6. The first-order chi connectivity index (χ1) is 8.90. The first-order valence-corrected chi connectivity index (χ1v) is 6.63. The zero-order valence-corrected chi connectivity index (χ0v) is 12.0. The molecule has 0 radical (unpaired) electrons. The average molecular weight is 264 g/mol. The molecule has 0 saturated carbocycles. The summed E-state index contributed by atoms with van der Waals surface area (Å²) in [6.07, 6.45) is 1.46. The minimum absolute atomic E-state index is 0.485. The Hall–Kier alpha value is -1.39. The Labute approximate surface area is 115 Å². The third-order valence-electron chi connectivity index (χ3n) is 3.49. The number of hydrogen-bond donors (Lipinski definition) is 2. The predicted molar refractivity (Wildman–Crippen MR) is 77.3 cm³/mol. The molecule has 106 valence electrons. The number of carboxylic acid groups (broad SMARTS) is 1. The summed E-state index contributed by atoms with van der Waals surface area (Å²) in [6.45, 7) is 5.85. The number of nitrogens with zero attached hydrogens (tertiary/aromatic N) is 1. The number of nitrogens with two attached hydrogens (primary N) is 1. The van der Waals surface area contributed by atoms with Gasteiger partial charge in [0.2, 0.25) is 0 Å². The average Bonchev–Trinajstić information content (AvgIpc) is 2.37. The van der Waals surface area contributed by atoms with Crippen LogP contribution in [-0.4, -0.2) is 42.2 Å². The molecule has 0 fully saturated rings. The van der Waals surface area contributed by atoms with E-state index in [0.717, 1.165) is 13.0 Å². The maximum Gasteiger partial charge on any atom is 0.320 e. The normalized spacial score (nSPS) is 12.7. The highest BCUT2D eigenvalue weighted by Crippen LogP contribution is 2.10. The van der Waals surface area contributed by atoms with Crippen LogP contribution in [0.15, 0.2) is 18.2 Å². The fraction of sp³-hybridized carbons (Fsp3) is 0.533. The second-order valence-electron chi connectivity index (χ2n) is 5.21. The number of rotatable bonds is 7. The molecule has 4 nitrogen and oxygen atoms in total. The lowest BCUT2D eigenvalue weighted by Gasteiger charge is -2.18. The molecule has 1 rings (SSSR count). The van der Waals surface area contributed by atoms with Crippen LogP contribution >= 0.6 is 0 Å². The highest BCUT2D eigenvalue weighted by atomic mass is 16.4. The number of aryl methyl sites for hydroxylation is 2. The highest BCUT2D eigenvalue weighted by molar-refractivity contribution is 5.72. The van der Waals surface area contributed by atoms with Gasteiger partial charge in [-0.25, -0.2) is 0 Å². The number of carbonyl (C=O) groups is 1. The third kappa shape index (κ3) is 5.41. The van der Waals surface area contributed by atoms with Crippen LogP contribution in [0, 0.1) is 13.8 Å². The van der Waals surface area contributed by atoms with Crippen LogP contribution in [0.3, 0.4) is 0 Å². The van der Waals surface area contributed by atoms with E-state index in [1.807, 2.05) is 7.05 Å². The van der Waals surface area contributed by atoms with Crippen LogP contribution in [-0.2, 0) is 11.2 Å². The summed E-state index contributed by atoms with van der Waals surface area (Å²) in [5.41, 5.74) is 9.42. The fourth-order valence-electron chi connectivity index (χ4n) is 1.87. The molecule has 1 aromatic rings.